The van der Waals surface area contributed by atoms with Gasteiger partial charge >= 0.3 is 0 Å². The van der Waals surface area contributed by atoms with E-state index in [1.807, 2.05) is 16.8 Å². The first-order valence-corrected chi connectivity index (χ1v) is 6.85. The Hall–Kier alpha value is -1.78. The molecular formula is C14H9ClO3S. The monoisotopic (exact) mass is 292 g/mol. The van der Waals surface area contributed by atoms with Crippen LogP contribution in [0.4, 0.5) is 0 Å². The maximum Gasteiger partial charge on any atom is 0.235 e. The molecule has 0 amide bonds. The molecule has 0 N–H and O–H groups in total. The molecule has 0 aliphatic rings. The molecule has 0 bridgehead atoms. The number of rotatable bonds is 2. The molecule has 0 spiro atoms. The summed E-state index contributed by atoms with van der Waals surface area (Å²) in [7, 11) is 1.46. The maximum absolute atomic E-state index is 12.4. The summed E-state index contributed by atoms with van der Waals surface area (Å²) < 4.78 is 11.0. The van der Waals surface area contributed by atoms with Crippen LogP contribution in [0.3, 0.4) is 0 Å². The number of ether oxygens (including phenoxy) is 1. The number of methoxy groups -OCH3 is 1. The molecule has 0 saturated heterocycles. The van der Waals surface area contributed by atoms with Crippen molar-refractivity contribution in [1.82, 2.24) is 0 Å². The van der Waals surface area contributed by atoms with Crippen molar-refractivity contribution in [3.63, 3.8) is 0 Å². The lowest BCUT2D eigenvalue weighted by molar-refractivity contribution is 0.399. The topological polar surface area (TPSA) is 39.4 Å². The van der Waals surface area contributed by atoms with Crippen LogP contribution in [-0.2, 0) is 0 Å². The first kappa shape index (κ1) is 12.3. The Morgan fingerprint density at radius 1 is 1.32 bits per heavy atom. The van der Waals surface area contributed by atoms with Gasteiger partial charge in [0, 0.05) is 16.0 Å². The van der Waals surface area contributed by atoms with Crippen LogP contribution in [0.5, 0.6) is 5.75 Å². The molecule has 0 saturated carbocycles. The lowest BCUT2D eigenvalue weighted by Gasteiger charge is -2.07. The summed E-state index contributed by atoms with van der Waals surface area (Å²) >= 11 is 7.43. The molecule has 19 heavy (non-hydrogen) atoms. The molecule has 0 fully saturated rings. The van der Waals surface area contributed by atoms with Crippen molar-refractivity contribution in [3.05, 3.63) is 50.3 Å². The SMILES string of the molecule is COc1c(-c2ccsc2)oc2ccc(Cl)cc2c1=O. The second-order valence-corrected chi connectivity index (χ2v) is 5.16. The quantitative estimate of drug-likeness (QED) is 0.711. The van der Waals surface area contributed by atoms with E-state index in [1.165, 1.54) is 18.4 Å². The molecule has 0 aliphatic heterocycles. The zero-order chi connectivity index (χ0) is 13.4. The van der Waals surface area contributed by atoms with Crippen molar-refractivity contribution in [3.8, 4) is 17.1 Å². The molecule has 2 aromatic heterocycles. The first-order valence-electron chi connectivity index (χ1n) is 5.53. The standard InChI is InChI=1S/C14H9ClO3S/c1-17-14-12(16)10-6-9(15)2-3-11(10)18-13(14)8-4-5-19-7-8/h2-7H,1H3. The van der Waals surface area contributed by atoms with Gasteiger partial charge in [0.05, 0.1) is 12.5 Å². The molecule has 2 heterocycles. The first-order chi connectivity index (χ1) is 9.20. The molecule has 0 unspecified atom stereocenters. The van der Waals surface area contributed by atoms with E-state index in [9.17, 15) is 4.79 Å². The van der Waals surface area contributed by atoms with E-state index in [0.717, 1.165) is 5.56 Å². The van der Waals surface area contributed by atoms with Crippen LogP contribution in [-0.4, -0.2) is 7.11 Å². The van der Waals surface area contributed by atoms with E-state index < -0.39 is 0 Å². The van der Waals surface area contributed by atoms with Crippen LogP contribution in [0.15, 0.2) is 44.2 Å². The van der Waals surface area contributed by atoms with E-state index in [-0.39, 0.29) is 11.2 Å². The second-order valence-electron chi connectivity index (χ2n) is 3.95. The minimum Gasteiger partial charge on any atom is -0.490 e. The fraction of sp³-hybridized carbons (Fsp3) is 0.0714. The lowest BCUT2D eigenvalue weighted by atomic mass is 10.1. The molecule has 0 aliphatic carbocycles. The Bertz CT molecular complexity index is 790. The van der Waals surface area contributed by atoms with Crippen molar-refractivity contribution < 1.29 is 9.15 Å². The summed E-state index contributed by atoms with van der Waals surface area (Å²) in [4.78, 5) is 12.4. The van der Waals surface area contributed by atoms with Gasteiger partial charge in [-0.15, -0.1) is 0 Å². The van der Waals surface area contributed by atoms with Crippen molar-refractivity contribution in [2.24, 2.45) is 0 Å². The summed E-state index contributed by atoms with van der Waals surface area (Å²) in [6.45, 7) is 0. The van der Waals surface area contributed by atoms with Gasteiger partial charge in [0.15, 0.2) is 5.76 Å². The third kappa shape index (κ3) is 2.03. The van der Waals surface area contributed by atoms with Gasteiger partial charge in [-0.3, -0.25) is 4.79 Å². The van der Waals surface area contributed by atoms with Crippen LogP contribution in [0.2, 0.25) is 5.02 Å². The Balaban J connectivity index is 2.41. The fourth-order valence-corrected chi connectivity index (χ4v) is 2.73. The third-order valence-electron chi connectivity index (χ3n) is 2.80. The minimum atomic E-state index is -0.215. The number of benzene rings is 1. The number of hydrogen-bond donors (Lipinski definition) is 0. The van der Waals surface area contributed by atoms with E-state index in [0.29, 0.717) is 21.8 Å². The molecule has 3 aromatic rings. The molecule has 1 aromatic carbocycles. The van der Waals surface area contributed by atoms with Crippen molar-refractivity contribution in [2.45, 2.75) is 0 Å². The van der Waals surface area contributed by atoms with Gasteiger partial charge in [-0.1, -0.05) is 11.6 Å². The van der Waals surface area contributed by atoms with E-state index >= 15 is 0 Å². The normalized spacial score (nSPS) is 10.8. The summed E-state index contributed by atoms with van der Waals surface area (Å²) in [6.07, 6.45) is 0. The predicted molar refractivity (Wildman–Crippen MR) is 77.4 cm³/mol. The van der Waals surface area contributed by atoms with Crippen molar-refractivity contribution >= 4 is 33.9 Å². The van der Waals surface area contributed by atoms with Gasteiger partial charge in [-0.2, -0.15) is 11.3 Å². The summed E-state index contributed by atoms with van der Waals surface area (Å²) in [6, 6.07) is 6.85. The largest absolute Gasteiger partial charge is 0.490 e. The Morgan fingerprint density at radius 3 is 2.84 bits per heavy atom. The zero-order valence-corrected chi connectivity index (χ0v) is 11.5. The lowest BCUT2D eigenvalue weighted by Crippen LogP contribution is -2.07. The van der Waals surface area contributed by atoms with E-state index in [1.54, 1.807) is 18.2 Å². The fourth-order valence-electron chi connectivity index (χ4n) is 1.92. The smallest absolute Gasteiger partial charge is 0.235 e. The Labute approximate surface area is 118 Å². The number of fused-ring (bicyclic) bond motifs is 1. The molecular weight excluding hydrogens is 284 g/mol. The number of hydrogen-bond acceptors (Lipinski definition) is 4. The van der Waals surface area contributed by atoms with Crippen LogP contribution >= 0.6 is 22.9 Å². The summed E-state index contributed by atoms with van der Waals surface area (Å²) in [5.41, 5.74) is 1.11. The van der Waals surface area contributed by atoms with Gasteiger partial charge < -0.3 is 9.15 Å². The van der Waals surface area contributed by atoms with Gasteiger partial charge in [0.1, 0.15) is 5.58 Å². The highest BCUT2D eigenvalue weighted by Crippen LogP contribution is 2.32. The molecule has 3 rings (SSSR count). The van der Waals surface area contributed by atoms with Crippen LogP contribution < -0.4 is 10.2 Å². The van der Waals surface area contributed by atoms with Crippen LogP contribution in [0.25, 0.3) is 22.3 Å². The molecule has 5 heteroatoms. The Kier molecular flexibility index (Phi) is 3.05. The highest BCUT2D eigenvalue weighted by atomic mass is 35.5. The van der Waals surface area contributed by atoms with Crippen molar-refractivity contribution in [2.75, 3.05) is 7.11 Å². The second kappa shape index (κ2) is 4.72. The average Bonchev–Trinajstić information content (AvgIpc) is 2.93. The zero-order valence-electron chi connectivity index (χ0n) is 9.98. The van der Waals surface area contributed by atoms with Gasteiger partial charge in [0.25, 0.3) is 0 Å². The molecule has 3 nitrogen and oxygen atoms in total. The van der Waals surface area contributed by atoms with Crippen LogP contribution in [0.1, 0.15) is 0 Å². The minimum absolute atomic E-state index is 0.202. The highest BCUT2D eigenvalue weighted by molar-refractivity contribution is 7.08. The molecule has 0 radical (unpaired) electrons. The third-order valence-corrected chi connectivity index (χ3v) is 3.72. The summed E-state index contributed by atoms with van der Waals surface area (Å²) in [5, 5.41) is 4.73. The maximum atomic E-state index is 12.4. The van der Waals surface area contributed by atoms with Gasteiger partial charge in [0.2, 0.25) is 11.2 Å². The summed E-state index contributed by atoms with van der Waals surface area (Å²) in [5.74, 6) is 0.650. The van der Waals surface area contributed by atoms with Crippen molar-refractivity contribution in [1.29, 1.82) is 0 Å². The van der Waals surface area contributed by atoms with E-state index in [4.69, 9.17) is 20.8 Å². The average molecular weight is 293 g/mol. The Morgan fingerprint density at radius 2 is 2.16 bits per heavy atom. The van der Waals surface area contributed by atoms with E-state index in [2.05, 4.69) is 0 Å². The number of thiophene rings is 1. The van der Waals surface area contributed by atoms with Gasteiger partial charge in [-0.25, -0.2) is 0 Å². The van der Waals surface area contributed by atoms with Crippen LogP contribution in [0, 0.1) is 0 Å². The predicted octanol–water partition coefficient (Wildman–Crippen LogP) is 4.18. The highest BCUT2D eigenvalue weighted by Gasteiger charge is 2.17. The molecule has 0 atom stereocenters. The van der Waals surface area contributed by atoms with Gasteiger partial charge in [-0.05, 0) is 29.6 Å². The number of halogens is 1. The molecule has 96 valence electrons.